The van der Waals surface area contributed by atoms with E-state index in [1.54, 1.807) is 13.1 Å². The lowest BCUT2D eigenvalue weighted by Crippen LogP contribution is -2.70. The van der Waals surface area contributed by atoms with Crippen molar-refractivity contribution in [2.24, 2.45) is 17.8 Å². The normalized spacial score (nSPS) is 46.2. The lowest BCUT2D eigenvalue weighted by atomic mass is 9.65. The van der Waals surface area contributed by atoms with Gasteiger partial charge in [-0.15, -0.1) is 0 Å². The zero-order valence-electron chi connectivity index (χ0n) is 16.8. The molecule has 2 aliphatic heterocycles. The topological polar surface area (TPSA) is 55.8 Å². The Bertz CT molecular complexity index is 728. The number of rotatable bonds is 2. The zero-order valence-corrected chi connectivity index (χ0v) is 16.8. The van der Waals surface area contributed by atoms with Crippen LogP contribution >= 0.6 is 0 Å². The van der Waals surface area contributed by atoms with E-state index in [1.165, 1.54) is 25.7 Å². The number of alkyl halides is 2. The number of Topliss-reactive ketones (excluding diaryl/α,β-unsaturated/α-hetero) is 1. The number of ether oxygens (including phenoxy) is 2. The number of nitrogens with zero attached hydrogens (tertiary/aromatic N) is 1. The van der Waals surface area contributed by atoms with Gasteiger partial charge in [0, 0.05) is 12.1 Å². The highest BCUT2D eigenvalue weighted by Gasteiger charge is 2.60. The van der Waals surface area contributed by atoms with Gasteiger partial charge in [0.15, 0.2) is 12.0 Å². The first-order valence-electron chi connectivity index (χ1n) is 11.1. The lowest BCUT2D eigenvalue weighted by molar-refractivity contribution is -0.219. The van der Waals surface area contributed by atoms with Gasteiger partial charge in [-0.05, 0) is 38.0 Å². The summed E-state index contributed by atoms with van der Waals surface area (Å²) in [6.07, 6.45) is 3.30. The van der Waals surface area contributed by atoms with Crippen LogP contribution in [0.25, 0.3) is 0 Å². The van der Waals surface area contributed by atoms with Crippen LogP contribution in [0.5, 0.6) is 0 Å². The Balaban J connectivity index is 1.53. The maximum absolute atomic E-state index is 14.9. The highest BCUT2D eigenvalue weighted by Crippen LogP contribution is 2.50. The lowest BCUT2D eigenvalue weighted by Gasteiger charge is -2.59. The molecule has 3 aliphatic carbocycles. The third-order valence-electron chi connectivity index (χ3n) is 7.90. The Morgan fingerprint density at radius 3 is 2.66 bits per heavy atom. The van der Waals surface area contributed by atoms with E-state index in [-0.39, 0.29) is 30.7 Å². The van der Waals surface area contributed by atoms with Gasteiger partial charge in [0.2, 0.25) is 0 Å². The Morgan fingerprint density at radius 2 is 1.93 bits per heavy atom. The molecule has 3 saturated carbocycles. The molecule has 0 radical (unpaired) electrons. The van der Waals surface area contributed by atoms with Crippen LogP contribution in [0.1, 0.15) is 51.9 Å². The van der Waals surface area contributed by atoms with Crippen molar-refractivity contribution < 1.29 is 27.8 Å². The Hall–Kier alpha value is -1.50. The first-order chi connectivity index (χ1) is 14.0. The van der Waals surface area contributed by atoms with Gasteiger partial charge in [0.05, 0.1) is 24.8 Å². The van der Waals surface area contributed by atoms with Gasteiger partial charge < -0.3 is 14.4 Å². The summed E-state index contributed by atoms with van der Waals surface area (Å²) in [5.41, 5.74) is -0.0252. The van der Waals surface area contributed by atoms with E-state index in [0.29, 0.717) is 11.8 Å². The molecule has 9 atom stereocenters. The Kier molecular flexibility index (Phi) is 4.92. The average Bonchev–Trinajstić information content (AvgIpc) is 2.72. The number of carbonyl (C=O) groups is 2. The second kappa shape index (κ2) is 7.33. The molecule has 4 fully saturated rings. The van der Waals surface area contributed by atoms with Crippen molar-refractivity contribution in [2.75, 3.05) is 6.61 Å². The maximum Gasteiger partial charge on any atom is 0.343 e. The van der Waals surface area contributed by atoms with Crippen molar-refractivity contribution in [2.45, 2.75) is 88.5 Å². The summed E-state index contributed by atoms with van der Waals surface area (Å²) >= 11 is 0. The molecule has 0 amide bonds. The number of morpholine rings is 1. The highest BCUT2D eigenvalue weighted by molar-refractivity contribution is 6.18. The maximum atomic E-state index is 14.9. The van der Waals surface area contributed by atoms with Crippen molar-refractivity contribution >= 4 is 11.8 Å². The summed E-state index contributed by atoms with van der Waals surface area (Å²) in [6.45, 7) is 1.85. The van der Waals surface area contributed by atoms with Crippen LogP contribution in [-0.4, -0.2) is 59.9 Å². The molecule has 5 rings (SSSR count). The molecule has 9 unspecified atom stereocenters. The van der Waals surface area contributed by atoms with Crippen LogP contribution in [0, 0.1) is 17.8 Å². The molecule has 0 aromatic carbocycles. The van der Waals surface area contributed by atoms with Gasteiger partial charge in [0.1, 0.15) is 17.8 Å². The summed E-state index contributed by atoms with van der Waals surface area (Å²) in [6, 6.07) is -0.539. The van der Waals surface area contributed by atoms with E-state index in [2.05, 4.69) is 0 Å². The van der Waals surface area contributed by atoms with E-state index in [4.69, 9.17) is 9.47 Å². The largest absolute Gasteiger partial charge is 0.462 e. The molecule has 0 spiro atoms. The summed E-state index contributed by atoms with van der Waals surface area (Å²) in [5.74, 6) is -0.701. The highest BCUT2D eigenvalue weighted by atomic mass is 19.2. The SMILES string of the molecule is CCOC(=O)C1=CN2C3CC4CCCCC4CC3OC3C(F)C(F)CC(C1=O)C32. The van der Waals surface area contributed by atoms with Gasteiger partial charge in [-0.25, -0.2) is 13.6 Å². The van der Waals surface area contributed by atoms with Crippen LogP contribution in [0.15, 0.2) is 11.8 Å². The average molecular weight is 409 g/mol. The number of halogens is 2. The molecule has 5 aliphatic rings. The monoisotopic (exact) mass is 409 g/mol. The number of ketones is 1. The predicted molar refractivity (Wildman–Crippen MR) is 100 cm³/mol. The third kappa shape index (κ3) is 3.03. The first kappa shape index (κ1) is 19.5. The molecule has 0 aromatic rings. The van der Waals surface area contributed by atoms with E-state index >= 15 is 0 Å². The number of fused-ring (bicyclic) bond motifs is 3. The summed E-state index contributed by atoms with van der Waals surface area (Å²) in [5, 5.41) is 0. The zero-order chi connectivity index (χ0) is 20.3. The molecule has 2 heterocycles. The summed E-state index contributed by atoms with van der Waals surface area (Å²) < 4.78 is 40.7. The molecular weight excluding hydrogens is 380 g/mol. The minimum atomic E-state index is -1.75. The summed E-state index contributed by atoms with van der Waals surface area (Å²) in [4.78, 5) is 27.4. The molecular formula is C22H29F2NO4. The molecule has 0 bridgehead atoms. The van der Waals surface area contributed by atoms with E-state index in [9.17, 15) is 18.4 Å². The standard InChI is InChI=1S/C22H29F2NO4/c1-2-28-22(27)14-10-25-16-7-11-5-3-4-6-12(11)8-17(16)29-21-18(24)15(23)9-13(19(21)25)20(14)26/h10-13,15-19,21H,2-9H2,1H3. The number of hydrogen-bond acceptors (Lipinski definition) is 5. The van der Waals surface area contributed by atoms with Crippen molar-refractivity contribution in [3.05, 3.63) is 11.8 Å². The van der Waals surface area contributed by atoms with E-state index in [0.717, 1.165) is 12.8 Å². The molecule has 7 heteroatoms. The smallest absolute Gasteiger partial charge is 0.343 e. The number of carbonyl (C=O) groups excluding carboxylic acids is 2. The van der Waals surface area contributed by atoms with Crippen molar-refractivity contribution in [1.82, 2.24) is 4.90 Å². The predicted octanol–water partition coefficient (Wildman–Crippen LogP) is 3.12. The Labute approximate surface area is 169 Å². The minimum Gasteiger partial charge on any atom is -0.462 e. The molecule has 0 N–H and O–H groups in total. The number of hydrogen-bond donors (Lipinski definition) is 0. The van der Waals surface area contributed by atoms with Gasteiger partial charge in [0.25, 0.3) is 0 Å². The second-order valence-corrected chi connectivity index (χ2v) is 9.35. The van der Waals surface area contributed by atoms with Crippen LogP contribution in [0.2, 0.25) is 0 Å². The molecule has 5 nitrogen and oxygen atoms in total. The molecule has 160 valence electrons. The van der Waals surface area contributed by atoms with Crippen LogP contribution in [0.3, 0.4) is 0 Å². The number of esters is 1. The first-order valence-corrected chi connectivity index (χ1v) is 11.1. The fourth-order valence-corrected chi connectivity index (χ4v) is 6.59. The van der Waals surface area contributed by atoms with Crippen molar-refractivity contribution in [3.8, 4) is 0 Å². The van der Waals surface area contributed by atoms with Crippen molar-refractivity contribution in [3.63, 3.8) is 0 Å². The summed E-state index contributed by atoms with van der Waals surface area (Å²) in [7, 11) is 0. The Morgan fingerprint density at radius 1 is 1.21 bits per heavy atom. The third-order valence-corrected chi connectivity index (χ3v) is 7.90. The van der Waals surface area contributed by atoms with Gasteiger partial charge in [-0.1, -0.05) is 25.7 Å². The second-order valence-electron chi connectivity index (χ2n) is 9.35. The van der Waals surface area contributed by atoms with Crippen LogP contribution in [0.4, 0.5) is 8.78 Å². The van der Waals surface area contributed by atoms with Gasteiger partial charge >= 0.3 is 5.97 Å². The van der Waals surface area contributed by atoms with Crippen LogP contribution < -0.4 is 0 Å². The quantitative estimate of drug-likeness (QED) is 0.518. The van der Waals surface area contributed by atoms with Gasteiger partial charge in [-0.3, -0.25) is 4.79 Å². The molecule has 29 heavy (non-hydrogen) atoms. The van der Waals surface area contributed by atoms with Crippen molar-refractivity contribution in [1.29, 1.82) is 0 Å². The molecule has 0 aromatic heterocycles. The fourth-order valence-electron chi connectivity index (χ4n) is 6.59. The van der Waals surface area contributed by atoms with Gasteiger partial charge in [-0.2, -0.15) is 0 Å². The fraction of sp³-hybridized carbons (Fsp3) is 0.818. The molecule has 1 saturated heterocycles. The van der Waals surface area contributed by atoms with Crippen LogP contribution in [-0.2, 0) is 19.1 Å². The van der Waals surface area contributed by atoms with E-state index < -0.39 is 42.2 Å². The minimum absolute atomic E-state index is 0.000937. The van der Waals surface area contributed by atoms with E-state index in [1.807, 2.05) is 4.90 Å².